The van der Waals surface area contributed by atoms with Gasteiger partial charge in [0.1, 0.15) is 5.75 Å². The van der Waals surface area contributed by atoms with Crippen LogP contribution in [0.2, 0.25) is 0 Å². The molecule has 1 rings (SSSR count). The van der Waals surface area contributed by atoms with Crippen LogP contribution in [0.15, 0.2) is 23.1 Å². The summed E-state index contributed by atoms with van der Waals surface area (Å²) in [5, 5.41) is 0. The molecule has 0 amide bonds. The molecule has 9 heteroatoms. The number of hydrogen-bond acceptors (Lipinski definition) is 6. The minimum absolute atomic E-state index is 0.0322. The van der Waals surface area contributed by atoms with Gasteiger partial charge in [0.25, 0.3) is 0 Å². The van der Waals surface area contributed by atoms with Gasteiger partial charge in [0.2, 0.25) is 0 Å². The predicted molar refractivity (Wildman–Crippen MR) is 67.3 cm³/mol. The molecule has 0 atom stereocenters. The Bertz CT molecular complexity index is 646. The van der Waals surface area contributed by atoms with E-state index >= 15 is 0 Å². The van der Waals surface area contributed by atoms with E-state index in [9.17, 15) is 16.8 Å². The quantitative estimate of drug-likeness (QED) is 0.766. The molecule has 7 nitrogen and oxygen atoms in total. The van der Waals surface area contributed by atoms with Crippen LogP contribution in [-0.4, -0.2) is 40.9 Å². The molecule has 0 saturated heterocycles. The third-order valence-corrected chi connectivity index (χ3v) is 4.45. The van der Waals surface area contributed by atoms with Gasteiger partial charge in [-0.1, -0.05) is 0 Å². The van der Waals surface area contributed by atoms with E-state index in [4.69, 9.17) is 9.29 Å². The lowest BCUT2D eigenvalue weighted by molar-refractivity contribution is 0.284. The highest BCUT2D eigenvalue weighted by Crippen LogP contribution is 2.22. The first-order valence-electron chi connectivity index (χ1n) is 5.15. The van der Waals surface area contributed by atoms with Crippen molar-refractivity contribution >= 4 is 20.2 Å². The smallest absolute Gasteiger partial charge is 0.397 e. The normalized spacial score (nSPS) is 12.4. The van der Waals surface area contributed by atoms with Crippen LogP contribution in [0.5, 0.6) is 5.75 Å². The topological polar surface area (TPSA) is 107 Å². The molecule has 0 aromatic heterocycles. The summed E-state index contributed by atoms with van der Waals surface area (Å²) in [5.41, 5.74) is 0.638. The summed E-state index contributed by atoms with van der Waals surface area (Å²) >= 11 is 0. The Labute approximate surface area is 112 Å². The average Bonchev–Trinajstić information content (AvgIpc) is 2.26. The van der Waals surface area contributed by atoms with Crippen molar-refractivity contribution in [1.82, 2.24) is 0 Å². The Morgan fingerprint density at radius 2 is 1.84 bits per heavy atom. The molecule has 0 bridgehead atoms. The van der Waals surface area contributed by atoms with Crippen LogP contribution < -0.4 is 4.74 Å². The van der Waals surface area contributed by atoms with Gasteiger partial charge in [-0.3, -0.25) is 4.55 Å². The molecule has 1 aromatic rings. The molecule has 0 spiro atoms. The second kappa shape index (κ2) is 5.87. The van der Waals surface area contributed by atoms with Crippen LogP contribution in [-0.2, 0) is 24.4 Å². The standard InChI is InChI=1S/C10H14O7S2/c1-8-7-9(3-4-10(8)16-2)18(11,12)6-5-17-19(13,14)15/h3-4,7H,5-6H2,1-2H3,(H,13,14,15). The van der Waals surface area contributed by atoms with Crippen molar-refractivity contribution < 1.29 is 30.3 Å². The number of ether oxygens (including phenoxy) is 1. The lowest BCUT2D eigenvalue weighted by Gasteiger charge is -2.08. The van der Waals surface area contributed by atoms with Gasteiger partial charge in [0.05, 0.1) is 24.4 Å². The molecular formula is C10H14O7S2. The number of sulfone groups is 1. The van der Waals surface area contributed by atoms with E-state index in [0.29, 0.717) is 11.3 Å². The Hall–Kier alpha value is -1.16. The van der Waals surface area contributed by atoms with Gasteiger partial charge in [-0.25, -0.2) is 12.6 Å². The molecule has 1 aromatic carbocycles. The first-order valence-corrected chi connectivity index (χ1v) is 8.17. The second-order valence-corrected chi connectivity index (χ2v) is 6.90. The fourth-order valence-corrected chi connectivity index (χ4v) is 2.98. The third-order valence-electron chi connectivity index (χ3n) is 2.31. The SMILES string of the molecule is COc1ccc(S(=O)(=O)CCOS(=O)(=O)O)cc1C. The number of rotatable bonds is 6. The predicted octanol–water partition coefficient (Wildman–Crippen LogP) is 0.597. The molecule has 1 N–H and O–H groups in total. The summed E-state index contributed by atoms with van der Waals surface area (Å²) in [5.74, 6) is -0.00779. The number of hydrogen-bond donors (Lipinski definition) is 1. The van der Waals surface area contributed by atoms with Gasteiger partial charge >= 0.3 is 10.4 Å². The summed E-state index contributed by atoms with van der Waals surface area (Å²) in [4.78, 5) is 0.0322. The number of methoxy groups -OCH3 is 1. The van der Waals surface area contributed by atoms with Gasteiger partial charge < -0.3 is 4.74 Å². The first kappa shape index (κ1) is 15.9. The summed E-state index contributed by atoms with van der Waals surface area (Å²) in [6.07, 6.45) is 0. The van der Waals surface area contributed by atoms with Crippen LogP contribution in [0.25, 0.3) is 0 Å². The number of benzene rings is 1. The molecule has 0 radical (unpaired) electrons. The van der Waals surface area contributed by atoms with E-state index in [1.165, 1.54) is 25.3 Å². The Balaban J connectivity index is 2.86. The van der Waals surface area contributed by atoms with Crippen LogP contribution in [0.1, 0.15) is 5.56 Å². The van der Waals surface area contributed by atoms with Crippen molar-refractivity contribution in [1.29, 1.82) is 0 Å². The van der Waals surface area contributed by atoms with Crippen molar-refractivity contribution in [3.05, 3.63) is 23.8 Å². The third kappa shape index (κ3) is 4.78. The summed E-state index contributed by atoms with van der Waals surface area (Å²) < 4.78 is 61.7. The van der Waals surface area contributed by atoms with Gasteiger partial charge in [0.15, 0.2) is 9.84 Å². The maximum Gasteiger partial charge on any atom is 0.397 e. The van der Waals surface area contributed by atoms with Crippen LogP contribution in [0, 0.1) is 6.92 Å². The van der Waals surface area contributed by atoms with Crippen LogP contribution in [0.4, 0.5) is 0 Å². The number of aryl methyl sites for hydroxylation is 1. The maximum absolute atomic E-state index is 11.9. The fraction of sp³-hybridized carbons (Fsp3) is 0.400. The molecule has 0 heterocycles. The molecule has 19 heavy (non-hydrogen) atoms. The Morgan fingerprint density at radius 3 is 2.32 bits per heavy atom. The summed E-state index contributed by atoms with van der Waals surface area (Å²) in [6.45, 7) is 1.04. The Morgan fingerprint density at radius 1 is 1.21 bits per heavy atom. The molecule has 0 saturated carbocycles. The lowest BCUT2D eigenvalue weighted by atomic mass is 10.2. The lowest BCUT2D eigenvalue weighted by Crippen LogP contribution is -2.15. The molecule has 0 unspecified atom stereocenters. The zero-order valence-electron chi connectivity index (χ0n) is 10.4. The highest BCUT2D eigenvalue weighted by atomic mass is 32.3. The maximum atomic E-state index is 11.9. The minimum atomic E-state index is -4.63. The highest BCUT2D eigenvalue weighted by Gasteiger charge is 2.17. The van der Waals surface area contributed by atoms with E-state index in [-0.39, 0.29) is 4.90 Å². The van der Waals surface area contributed by atoms with Gasteiger partial charge in [-0.15, -0.1) is 0 Å². The van der Waals surface area contributed by atoms with Gasteiger partial charge in [0, 0.05) is 0 Å². The molecule has 0 aliphatic carbocycles. The monoisotopic (exact) mass is 310 g/mol. The van der Waals surface area contributed by atoms with Crippen LogP contribution >= 0.6 is 0 Å². The molecule has 0 aliphatic rings. The van der Waals surface area contributed by atoms with E-state index in [1.54, 1.807) is 6.92 Å². The van der Waals surface area contributed by atoms with Gasteiger partial charge in [-0.05, 0) is 30.7 Å². The molecule has 0 aliphatic heterocycles. The molecule has 0 fully saturated rings. The van der Waals surface area contributed by atoms with Gasteiger partial charge in [-0.2, -0.15) is 8.42 Å². The first-order chi connectivity index (χ1) is 8.65. The van der Waals surface area contributed by atoms with Crippen molar-refractivity contribution in [3.8, 4) is 5.75 Å². The van der Waals surface area contributed by atoms with Crippen molar-refractivity contribution in [2.45, 2.75) is 11.8 Å². The largest absolute Gasteiger partial charge is 0.496 e. The second-order valence-electron chi connectivity index (χ2n) is 3.70. The minimum Gasteiger partial charge on any atom is -0.496 e. The van der Waals surface area contributed by atoms with E-state index in [2.05, 4.69) is 4.18 Å². The van der Waals surface area contributed by atoms with Crippen LogP contribution in [0.3, 0.4) is 0 Å². The zero-order valence-corrected chi connectivity index (χ0v) is 12.0. The zero-order chi connectivity index (χ0) is 14.7. The van der Waals surface area contributed by atoms with Crippen molar-refractivity contribution in [2.75, 3.05) is 19.5 Å². The summed E-state index contributed by atoms with van der Waals surface area (Å²) in [6, 6.07) is 4.28. The fourth-order valence-electron chi connectivity index (χ4n) is 1.41. The van der Waals surface area contributed by atoms with Crippen molar-refractivity contribution in [2.24, 2.45) is 0 Å². The van der Waals surface area contributed by atoms with Crippen molar-refractivity contribution in [3.63, 3.8) is 0 Å². The highest BCUT2D eigenvalue weighted by molar-refractivity contribution is 7.91. The average molecular weight is 310 g/mol. The summed E-state index contributed by atoms with van der Waals surface area (Å²) in [7, 11) is -6.85. The van der Waals surface area contributed by atoms with E-state index in [1.807, 2.05) is 0 Å². The van der Waals surface area contributed by atoms with E-state index in [0.717, 1.165) is 0 Å². The van der Waals surface area contributed by atoms with E-state index < -0.39 is 32.6 Å². The molecular weight excluding hydrogens is 296 g/mol. The Kier molecular flexibility index (Phi) is 4.91. The molecule has 108 valence electrons.